The Labute approximate surface area is 267 Å². The lowest BCUT2D eigenvalue weighted by molar-refractivity contribution is -0.153. The highest BCUT2D eigenvalue weighted by Crippen LogP contribution is 2.38. The molecule has 0 unspecified atom stereocenters. The molecule has 0 saturated heterocycles. The lowest BCUT2D eigenvalue weighted by Crippen LogP contribution is -2.21. The molecule has 1 saturated carbocycles. The molecule has 2 aromatic carbocycles. The maximum Gasteiger partial charge on any atom is 0.387 e. The summed E-state index contributed by atoms with van der Waals surface area (Å²) in [5, 5.41) is 0.381. The van der Waals surface area contributed by atoms with Crippen molar-refractivity contribution in [3.8, 4) is 17.2 Å². The molecule has 0 bridgehead atoms. The molecule has 1 aliphatic rings. The second kappa shape index (κ2) is 14.9. The average molecular weight is 690 g/mol. The number of nitrogens with zero attached hydrogens (tertiary/aromatic N) is 1. The van der Waals surface area contributed by atoms with Gasteiger partial charge in [0.15, 0.2) is 18.1 Å². The van der Waals surface area contributed by atoms with Gasteiger partial charge in [-0.1, -0.05) is 29.3 Å². The maximum absolute atomic E-state index is 13.1. The number of hydrogen-bond acceptors (Lipinski definition) is 10. The van der Waals surface area contributed by atoms with Crippen molar-refractivity contribution in [1.82, 2.24) is 4.98 Å². The van der Waals surface area contributed by atoms with Crippen LogP contribution in [0.4, 0.5) is 14.5 Å². The number of nitrogens with one attached hydrogen (secondary N) is 1. The number of esters is 2. The molecule has 0 amide bonds. The van der Waals surface area contributed by atoms with Crippen molar-refractivity contribution in [2.24, 2.45) is 5.92 Å². The molecule has 45 heavy (non-hydrogen) atoms. The lowest BCUT2D eigenvalue weighted by atomic mass is 10.0. The van der Waals surface area contributed by atoms with Crippen molar-refractivity contribution in [1.29, 1.82) is 0 Å². The molecule has 1 N–H and O–H groups in total. The molecule has 16 heteroatoms. The minimum atomic E-state index is -3.70. The van der Waals surface area contributed by atoms with Gasteiger partial charge in [0.1, 0.15) is 11.9 Å². The number of alkyl halides is 2. The summed E-state index contributed by atoms with van der Waals surface area (Å²) >= 11 is 12.6. The Morgan fingerprint density at radius 2 is 1.73 bits per heavy atom. The molecule has 0 aliphatic heterocycles. The normalized spacial score (nSPS) is 13.6. The first-order chi connectivity index (χ1) is 21.3. The van der Waals surface area contributed by atoms with Gasteiger partial charge in [-0.25, -0.2) is 18.0 Å². The van der Waals surface area contributed by atoms with Crippen LogP contribution in [0.2, 0.25) is 10.0 Å². The van der Waals surface area contributed by atoms with E-state index in [-0.39, 0.29) is 51.6 Å². The van der Waals surface area contributed by atoms with Gasteiger partial charge in [-0.05, 0) is 60.2 Å². The van der Waals surface area contributed by atoms with E-state index in [2.05, 4.69) is 14.4 Å². The van der Waals surface area contributed by atoms with E-state index in [1.807, 2.05) is 0 Å². The summed E-state index contributed by atoms with van der Waals surface area (Å²) in [6, 6.07) is 7.97. The SMILES string of the molecule is COc1ccc(C(=O)OCC(=O)O[C@@H](Cc2c(Cl)cncc2Cl)c2ccc(OC(F)F)c(OCC3CC3)c2)cc1NS(C)(=O)=O. The van der Waals surface area contributed by atoms with Crippen molar-refractivity contribution in [3.63, 3.8) is 0 Å². The van der Waals surface area contributed by atoms with Crippen LogP contribution < -0.4 is 18.9 Å². The summed E-state index contributed by atoms with van der Waals surface area (Å²) < 4.78 is 78.0. The molecule has 1 fully saturated rings. The fourth-order valence-corrected chi connectivity index (χ4v) is 5.16. The highest BCUT2D eigenvalue weighted by molar-refractivity contribution is 7.92. The van der Waals surface area contributed by atoms with Crippen molar-refractivity contribution in [2.75, 3.05) is 31.3 Å². The molecule has 3 aromatic rings. The third-order valence-corrected chi connectivity index (χ3v) is 7.64. The van der Waals surface area contributed by atoms with Crippen LogP contribution in [0.3, 0.4) is 0 Å². The van der Waals surface area contributed by atoms with Crippen LogP contribution in [0, 0.1) is 5.92 Å². The number of sulfonamides is 1. The quantitative estimate of drug-likeness (QED) is 0.194. The van der Waals surface area contributed by atoms with Gasteiger partial charge in [-0.2, -0.15) is 8.78 Å². The zero-order valence-corrected chi connectivity index (χ0v) is 26.3. The van der Waals surface area contributed by atoms with Crippen LogP contribution in [0.1, 0.15) is 40.4 Å². The van der Waals surface area contributed by atoms with Gasteiger partial charge in [0.2, 0.25) is 10.0 Å². The van der Waals surface area contributed by atoms with Gasteiger partial charge in [0.25, 0.3) is 0 Å². The van der Waals surface area contributed by atoms with Gasteiger partial charge in [0, 0.05) is 18.8 Å². The van der Waals surface area contributed by atoms with E-state index < -0.39 is 41.3 Å². The molecule has 11 nitrogen and oxygen atoms in total. The Bertz CT molecular complexity index is 1640. The van der Waals surface area contributed by atoms with Crippen LogP contribution in [-0.2, 0) is 30.7 Å². The monoisotopic (exact) mass is 688 g/mol. The lowest BCUT2D eigenvalue weighted by Gasteiger charge is -2.21. The van der Waals surface area contributed by atoms with E-state index in [1.54, 1.807) is 0 Å². The number of ether oxygens (including phenoxy) is 5. The molecule has 0 radical (unpaired) electrons. The molecule has 242 valence electrons. The number of benzene rings is 2. The maximum atomic E-state index is 13.1. The zero-order valence-electron chi connectivity index (χ0n) is 23.9. The fraction of sp³-hybridized carbons (Fsp3) is 0.345. The topological polar surface area (TPSA) is 139 Å². The van der Waals surface area contributed by atoms with Crippen LogP contribution in [-0.4, -0.2) is 58.5 Å². The standard InChI is InChI=1S/C29H28Cl2F2N2O9S/c1-40-23-7-6-18(9-22(23)35-45(2,38)39)28(37)42-15-27(36)43-25(11-19-20(30)12-34-13-21(19)31)17-5-8-24(44-29(32)33)26(10-17)41-14-16-3-4-16/h5-10,12-13,16,25,29,35H,3-4,11,14-15H2,1-2H3/t25-/m0/s1. The van der Waals surface area contributed by atoms with Gasteiger partial charge < -0.3 is 23.7 Å². The van der Waals surface area contributed by atoms with E-state index in [1.165, 1.54) is 55.9 Å². The third-order valence-electron chi connectivity index (χ3n) is 6.39. The van der Waals surface area contributed by atoms with Crippen molar-refractivity contribution >= 4 is 50.9 Å². The van der Waals surface area contributed by atoms with E-state index >= 15 is 0 Å². The Morgan fingerprint density at radius 1 is 1.04 bits per heavy atom. The first-order valence-electron chi connectivity index (χ1n) is 13.3. The first-order valence-corrected chi connectivity index (χ1v) is 16.0. The number of hydrogen-bond donors (Lipinski definition) is 1. The Hall–Kier alpha value is -3.88. The van der Waals surface area contributed by atoms with E-state index in [4.69, 9.17) is 42.1 Å². The Kier molecular flexibility index (Phi) is 11.3. The predicted molar refractivity (Wildman–Crippen MR) is 160 cm³/mol. The summed E-state index contributed by atoms with van der Waals surface area (Å²) in [5.74, 6) is -1.64. The molecule has 1 atom stereocenters. The molecule has 1 aromatic heterocycles. The number of carbonyl (C=O) groups is 2. The predicted octanol–water partition coefficient (Wildman–Crippen LogP) is 5.84. The minimum absolute atomic E-state index is 0.0119. The number of aromatic nitrogens is 1. The van der Waals surface area contributed by atoms with Gasteiger partial charge in [-0.15, -0.1) is 0 Å². The Balaban J connectivity index is 1.54. The average Bonchev–Trinajstić information content (AvgIpc) is 3.80. The fourth-order valence-electron chi connectivity index (χ4n) is 4.08. The van der Waals surface area contributed by atoms with Gasteiger partial charge in [-0.3, -0.25) is 9.71 Å². The largest absolute Gasteiger partial charge is 0.495 e. The van der Waals surface area contributed by atoms with Crippen LogP contribution in [0.15, 0.2) is 48.8 Å². The van der Waals surface area contributed by atoms with Crippen molar-refractivity contribution < 1.29 is 50.5 Å². The zero-order chi connectivity index (χ0) is 32.7. The highest BCUT2D eigenvalue weighted by Gasteiger charge is 2.26. The number of anilines is 1. The summed E-state index contributed by atoms with van der Waals surface area (Å²) in [6.45, 7) is -3.63. The molecular formula is C29H28Cl2F2N2O9S. The molecule has 0 spiro atoms. The van der Waals surface area contributed by atoms with Gasteiger partial charge in [0.05, 0.1) is 41.3 Å². The number of rotatable bonds is 15. The smallest absolute Gasteiger partial charge is 0.387 e. The van der Waals surface area contributed by atoms with Crippen LogP contribution >= 0.6 is 23.2 Å². The van der Waals surface area contributed by atoms with E-state index in [9.17, 15) is 26.8 Å². The molecule has 1 heterocycles. The Morgan fingerprint density at radius 3 is 2.36 bits per heavy atom. The minimum Gasteiger partial charge on any atom is -0.495 e. The summed E-state index contributed by atoms with van der Waals surface area (Å²) in [6.07, 6.45) is 4.39. The summed E-state index contributed by atoms with van der Waals surface area (Å²) in [4.78, 5) is 29.6. The molecular weight excluding hydrogens is 661 g/mol. The number of pyridine rings is 1. The number of halogens is 4. The first kappa shape index (κ1) is 34.0. The van der Waals surface area contributed by atoms with E-state index in [0.717, 1.165) is 19.1 Å². The van der Waals surface area contributed by atoms with Gasteiger partial charge >= 0.3 is 18.6 Å². The highest BCUT2D eigenvalue weighted by atomic mass is 35.5. The van der Waals surface area contributed by atoms with Crippen LogP contribution in [0.25, 0.3) is 0 Å². The second-order valence-electron chi connectivity index (χ2n) is 9.97. The number of carbonyl (C=O) groups excluding carboxylic acids is 2. The third kappa shape index (κ3) is 10.1. The van der Waals surface area contributed by atoms with Crippen molar-refractivity contribution in [3.05, 3.63) is 75.5 Å². The molecule has 1 aliphatic carbocycles. The van der Waals surface area contributed by atoms with E-state index in [0.29, 0.717) is 17.0 Å². The second-order valence-corrected chi connectivity index (χ2v) is 12.5. The number of methoxy groups -OCH3 is 1. The summed E-state index contributed by atoms with van der Waals surface area (Å²) in [5.41, 5.74) is 0.634. The van der Waals surface area contributed by atoms with Crippen LogP contribution in [0.5, 0.6) is 17.2 Å². The van der Waals surface area contributed by atoms with Crippen molar-refractivity contribution in [2.45, 2.75) is 32.0 Å². The molecule has 4 rings (SSSR count). The summed E-state index contributed by atoms with van der Waals surface area (Å²) in [7, 11) is -2.38.